The van der Waals surface area contributed by atoms with Gasteiger partial charge in [0.2, 0.25) is 0 Å². The summed E-state index contributed by atoms with van der Waals surface area (Å²) in [6.07, 6.45) is 1.15. The van der Waals surface area contributed by atoms with Gasteiger partial charge in [-0.3, -0.25) is 4.79 Å². The molecule has 8 heteroatoms. The number of fused-ring (bicyclic) bond motifs is 1. The van der Waals surface area contributed by atoms with E-state index < -0.39 is 9.84 Å². The van der Waals surface area contributed by atoms with E-state index in [9.17, 15) is 13.2 Å². The number of sulfone groups is 1. The van der Waals surface area contributed by atoms with Crippen LogP contribution in [0.1, 0.15) is 15.4 Å². The Bertz CT molecular complexity index is 1270. The number of thiophene rings is 1. The van der Waals surface area contributed by atoms with Crippen molar-refractivity contribution in [3.8, 4) is 5.69 Å². The Labute approximate surface area is 166 Å². The number of aromatic nitrogens is 2. The number of nitrogens with zero attached hydrogens (tertiary/aromatic N) is 2. The fourth-order valence-electron chi connectivity index (χ4n) is 2.88. The van der Waals surface area contributed by atoms with Crippen LogP contribution in [0.25, 0.3) is 15.9 Å². The number of carbonyl (C=O) groups is 1. The maximum atomic E-state index is 12.7. The normalized spacial score (nSPS) is 11.6. The predicted molar refractivity (Wildman–Crippen MR) is 111 cm³/mol. The zero-order valence-electron chi connectivity index (χ0n) is 15.2. The molecule has 28 heavy (non-hydrogen) atoms. The number of nitrogens with one attached hydrogen (secondary N) is 1. The molecule has 4 aromatic rings. The standard InChI is InChI=1S/C20H17N3O3S2/c1-13-17-12-18(27-20(17)23(22-13)15-6-4-3-5-7-15)19(24)21-14-8-10-16(11-9-14)28(2,25)26/h3-12H,1-2H3,(H,21,24). The summed E-state index contributed by atoms with van der Waals surface area (Å²) in [4.78, 5) is 14.4. The second-order valence-corrected chi connectivity index (χ2v) is 9.46. The van der Waals surface area contributed by atoms with E-state index >= 15 is 0 Å². The van der Waals surface area contributed by atoms with E-state index in [0.29, 0.717) is 10.6 Å². The molecule has 0 aliphatic rings. The van der Waals surface area contributed by atoms with Crippen LogP contribution in [0.3, 0.4) is 0 Å². The summed E-state index contributed by atoms with van der Waals surface area (Å²) in [6, 6.07) is 17.7. The molecule has 1 amide bonds. The number of carbonyl (C=O) groups excluding carboxylic acids is 1. The molecule has 0 unspecified atom stereocenters. The average molecular weight is 412 g/mol. The summed E-state index contributed by atoms with van der Waals surface area (Å²) in [7, 11) is -3.27. The van der Waals surface area contributed by atoms with Crippen molar-refractivity contribution >= 4 is 43.0 Å². The molecule has 0 radical (unpaired) electrons. The Hall–Kier alpha value is -2.97. The lowest BCUT2D eigenvalue weighted by Gasteiger charge is -2.05. The van der Waals surface area contributed by atoms with Crippen LogP contribution in [-0.4, -0.2) is 30.4 Å². The lowest BCUT2D eigenvalue weighted by atomic mass is 10.3. The smallest absolute Gasteiger partial charge is 0.265 e. The maximum Gasteiger partial charge on any atom is 0.265 e. The molecule has 2 aromatic heterocycles. The second-order valence-electron chi connectivity index (χ2n) is 6.41. The Morgan fingerprint density at radius 1 is 1.07 bits per heavy atom. The zero-order chi connectivity index (χ0) is 19.9. The largest absolute Gasteiger partial charge is 0.321 e. The first-order chi connectivity index (χ1) is 13.3. The highest BCUT2D eigenvalue weighted by molar-refractivity contribution is 7.90. The summed E-state index contributed by atoms with van der Waals surface area (Å²) in [5.74, 6) is -0.243. The molecule has 6 nitrogen and oxygen atoms in total. The van der Waals surface area contributed by atoms with E-state index in [2.05, 4.69) is 10.4 Å². The average Bonchev–Trinajstić information content (AvgIpc) is 3.23. The summed E-state index contributed by atoms with van der Waals surface area (Å²) >= 11 is 1.37. The Balaban J connectivity index is 1.63. The molecule has 0 atom stereocenters. The van der Waals surface area contributed by atoms with Crippen molar-refractivity contribution in [2.75, 3.05) is 11.6 Å². The van der Waals surface area contributed by atoms with Gasteiger partial charge in [0.25, 0.3) is 5.91 Å². The van der Waals surface area contributed by atoms with Crippen molar-refractivity contribution in [1.82, 2.24) is 9.78 Å². The summed E-state index contributed by atoms with van der Waals surface area (Å²) in [5.41, 5.74) is 2.33. The molecule has 142 valence electrons. The monoisotopic (exact) mass is 411 g/mol. The van der Waals surface area contributed by atoms with Crippen LogP contribution >= 0.6 is 11.3 Å². The maximum absolute atomic E-state index is 12.7. The highest BCUT2D eigenvalue weighted by atomic mass is 32.2. The lowest BCUT2D eigenvalue weighted by Crippen LogP contribution is -2.10. The molecule has 2 aromatic carbocycles. The third-order valence-electron chi connectivity index (χ3n) is 4.31. The molecule has 0 bridgehead atoms. The molecule has 0 fully saturated rings. The van der Waals surface area contributed by atoms with Crippen LogP contribution in [0.15, 0.2) is 65.6 Å². The van der Waals surface area contributed by atoms with E-state index in [4.69, 9.17) is 0 Å². The molecule has 0 aliphatic carbocycles. The molecule has 0 aliphatic heterocycles. The molecular formula is C20H17N3O3S2. The SMILES string of the molecule is Cc1nn(-c2ccccc2)c2sc(C(=O)Nc3ccc(S(C)(=O)=O)cc3)cc12. The number of benzene rings is 2. The van der Waals surface area contributed by atoms with E-state index in [0.717, 1.165) is 27.9 Å². The van der Waals surface area contributed by atoms with Crippen molar-refractivity contribution in [2.45, 2.75) is 11.8 Å². The van der Waals surface area contributed by atoms with Crippen LogP contribution in [0.4, 0.5) is 5.69 Å². The van der Waals surface area contributed by atoms with Gasteiger partial charge in [0.15, 0.2) is 9.84 Å². The second kappa shape index (κ2) is 6.88. The van der Waals surface area contributed by atoms with Gasteiger partial charge < -0.3 is 5.32 Å². The van der Waals surface area contributed by atoms with Crippen molar-refractivity contribution in [3.05, 3.63) is 71.2 Å². The van der Waals surface area contributed by atoms with Gasteiger partial charge in [-0.25, -0.2) is 13.1 Å². The number of aryl methyl sites for hydroxylation is 1. The highest BCUT2D eigenvalue weighted by Gasteiger charge is 2.17. The van der Waals surface area contributed by atoms with E-state index in [1.165, 1.54) is 23.5 Å². The summed E-state index contributed by atoms with van der Waals surface area (Å²) < 4.78 is 24.9. The highest BCUT2D eigenvalue weighted by Crippen LogP contribution is 2.31. The fourth-order valence-corrected chi connectivity index (χ4v) is 4.59. The van der Waals surface area contributed by atoms with Crippen LogP contribution in [0.5, 0.6) is 0 Å². The third-order valence-corrected chi connectivity index (χ3v) is 6.55. The van der Waals surface area contributed by atoms with Crippen LogP contribution < -0.4 is 5.32 Å². The van der Waals surface area contributed by atoms with Crippen LogP contribution in [-0.2, 0) is 9.84 Å². The van der Waals surface area contributed by atoms with Gasteiger partial charge in [-0.2, -0.15) is 5.10 Å². The van der Waals surface area contributed by atoms with Gasteiger partial charge in [0.05, 0.1) is 21.2 Å². The van der Waals surface area contributed by atoms with Crippen molar-refractivity contribution in [3.63, 3.8) is 0 Å². The van der Waals surface area contributed by atoms with E-state index in [-0.39, 0.29) is 10.8 Å². The Kier molecular flexibility index (Phi) is 4.52. The topological polar surface area (TPSA) is 81.1 Å². The number of para-hydroxylation sites is 1. The number of hydrogen-bond acceptors (Lipinski definition) is 5. The van der Waals surface area contributed by atoms with Crippen LogP contribution in [0.2, 0.25) is 0 Å². The van der Waals surface area contributed by atoms with Gasteiger partial charge in [-0.15, -0.1) is 11.3 Å². The minimum absolute atomic E-state index is 0.214. The first kappa shape index (κ1) is 18.4. The number of amides is 1. The molecule has 0 saturated heterocycles. The van der Waals surface area contributed by atoms with Crippen molar-refractivity contribution < 1.29 is 13.2 Å². The third kappa shape index (κ3) is 3.44. The van der Waals surface area contributed by atoms with Gasteiger partial charge in [-0.1, -0.05) is 18.2 Å². The Morgan fingerprint density at radius 2 is 1.75 bits per heavy atom. The molecule has 0 spiro atoms. The van der Waals surface area contributed by atoms with Crippen molar-refractivity contribution in [1.29, 1.82) is 0 Å². The number of hydrogen-bond donors (Lipinski definition) is 1. The van der Waals surface area contributed by atoms with Crippen molar-refractivity contribution in [2.24, 2.45) is 0 Å². The molecule has 4 rings (SSSR count). The predicted octanol–water partition coefficient (Wildman–Crippen LogP) is 4.05. The van der Waals surface area contributed by atoms with E-state index in [1.807, 2.05) is 48.0 Å². The lowest BCUT2D eigenvalue weighted by molar-refractivity contribution is 0.103. The molecule has 0 saturated carbocycles. The van der Waals surface area contributed by atoms with Gasteiger partial charge in [0.1, 0.15) is 4.83 Å². The first-order valence-corrected chi connectivity index (χ1v) is 11.2. The van der Waals surface area contributed by atoms with Gasteiger partial charge >= 0.3 is 0 Å². The summed E-state index contributed by atoms with van der Waals surface area (Å²) in [6.45, 7) is 1.92. The number of rotatable bonds is 4. The molecule has 1 N–H and O–H groups in total. The first-order valence-electron chi connectivity index (χ1n) is 8.49. The molecular weight excluding hydrogens is 394 g/mol. The Morgan fingerprint density at radius 3 is 2.39 bits per heavy atom. The van der Waals surface area contributed by atoms with E-state index in [1.54, 1.807) is 12.1 Å². The van der Waals surface area contributed by atoms with Gasteiger partial charge in [0, 0.05) is 17.3 Å². The minimum Gasteiger partial charge on any atom is -0.321 e. The fraction of sp³-hybridized carbons (Fsp3) is 0.100. The van der Waals surface area contributed by atoms with Crippen LogP contribution in [0, 0.1) is 6.92 Å². The quantitative estimate of drug-likeness (QED) is 0.549. The van der Waals surface area contributed by atoms with Gasteiger partial charge in [-0.05, 0) is 49.4 Å². The number of anilines is 1. The summed E-state index contributed by atoms with van der Waals surface area (Å²) in [5, 5.41) is 8.33. The molecule has 2 heterocycles. The zero-order valence-corrected chi connectivity index (χ0v) is 16.8. The minimum atomic E-state index is -3.27.